The van der Waals surface area contributed by atoms with Gasteiger partial charge in [0.05, 0.1) is 0 Å². The molecular weight excluding hydrogens is 132 g/mol. The van der Waals surface area contributed by atoms with E-state index < -0.39 is 0 Å². The predicted molar refractivity (Wildman–Crippen MR) is 39.3 cm³/mol. The van der Waals surface area contributed by atoms with Crippen LogP contribution in [0.25, 0.3) is 0 Å². The highest BCUT2D eigenvalue weighted by Gasteiger charge is 2.22. The zero-order valence-electron chi connectivity index (χ0n) is 6.46. The van der Waals surface area contributed by atoms with Gasteiger partial charge in [0.15, 0.2) is 0 Å². The van der Waals surface area contributed by atoms with E-state index in [9.17, 15) is 10.1 Å². The SMILES string of the molecule is CC(C)(CCN)C[N+](=O)[O-]. The van der Waals surface area contributed by atoms with Crippen molar-refractivity contribution < 1.29 is 4.92 Å². The van der Waals surface area contributed by atoms with Crippen molar-refractivity contribution in [2.75, 3.05) is 13.1 Å². The van der Waals surface area contributed by atoms with Gasteiger partial charge >= 0.3 is 0 Å². The molecule has 4 heteroatoms. The summed E-state index contributed by atoms with van der Waals surface area (Å²) in [6.45, 7) is 4.22. The number of nitro groups is 1. The Morgan fingerprint density at radius 3 is 2.40 bits per heavy atom. The van der Waals surface area contributed by atoms with Gasteiger partial charge in [-0.05, 0) is 13.0 Å². The predicted octanol–water partition coefficient (Wildman–Crippen LogP) is 0.638. The van der Waals surface area contributed by atoms with E-state index in [2.05, 4.69) is 0 Å². The van der Waals surface area contributed by atoms with Gasteiger partial charge < -0.3 is 5.73 Å². The van der Waals surface area contributed by atoms with Crippen LogP contribution < -0.4 is 5.73 Å². The van der Waals surface area contributed by atoms with E-state index >= 15 is 0 Å². The van der Waals surface area contributed by atoms with Crippen molar-refractivity contribution in [3.63, 3.8) is 0 Å². The first-order valence-corrected chi connectivity index (χ1v) is 3.30. The molecule has 4 nitrogen and oxygen atoms in total. The van der Waals surface area contributed by atoms with Crippen LogP contribution >= 0.6 is 0 Å². The van der Waals surface area contributed by atoms with Crippen LogP contribution in [0, 0.1) is 15.5 Å². The molecule has 0 aromatic heterocycles. The third-order valence-corrected chi connectivity index (χ3v) is 1.38. The fraction of sp³-hybridized carbons (Fsp3) is 1.00. The van der Waals surface area contributed by atoms with Crippen molar-refractivity contribution in [3.05, 3.63) is 10.1 Å². The zero-order chi connectivity index (χ0) is 8.20. The summed E-state index contributed by atoms with van der Waals surface area (Å²) in [6.07, 6.45) is 0.702. The van der Waals surface area contributed by atoms with Crippen LogP contribution in [0.1, 0.15) is 20.3 Å². The topological polar surface area (TPSA) is 69.2 Å². The molecule has 0 aliphatic heterocycles. The molecule has 0 bridgehead atoms. The minimum Gasteiger partial charge on any atom is -0.330 e. The van der Waals surface area contributed by atoms with Crippen LogP contribution in [0.15, 0.2) is 0 Å². The second-order valence-electron chi connectivity index (χ2n) is 3.19. The van der Waals surface area contributed by atoms with Gasteiger partial charge in [-0.2, -0.15) is 0 Å². The third-order valence-electron chi connectivity index (χ3n) is 1.38. The van der Waals surface area contributed by atoms with E-state index in [0.29, 0.717) is 13.0 Å². The van der Waals surface area contributed by atoms with Gasteiger partial charge in [-0.15, -0.1) is 0 Å². The Labute approximate surface area is 60.6 Å². The highest BCUT2D eigenvalue weighted by atomic mass is 16.6. The van der Waals surface area contributed by atoms with Crippen molar-refractivity contribution >= 4 is 0 Å². The average molecular weight is 146 g/mol. The maximum absolute atomic E-state index is 10.1. The van der Waals surface area contributed by atoms with Crippen molar-refractivity contribution in [1.82, 2.24) is 0 Å². The molecule has 0 unspecified atom stereocenters. The molecular formula is C6H14N2O2. The second kappa shape index (κ2) is 3.51. The molecule has 0 aliphatic carbocycles. The maximum atomic E-state index is 10.1. The smallest absolute Gasteiger partial charge is 0.208 e. The molecule has 0 heterocycles. The summed E-state index contributed by atoms with van der Waals surface area (Å²) in [7, 11) is 0. The lowest BCUT2D eigenvalue weighted by Crippen LogP contribution is -2.25. The number of nitrogens with two attached hydrogens (primary N) is 1. The Kier molecular flexibility index (Phi) is 3.28. The second-order valence-corrected chi connectivity index (χ2v) is 3.19. The standard InChI is InChI=1S/C6H14N2O2/c1-6(2,3-4-7)5-8(9)10/h3-5,7H2,1-2H3. The van der Waals surface area contributed by atoms with Crippen LogP contribution in [0.4, 0.5) is 0 Å². The largest absolute Gasteiger partial charge is 0.330 e. The summed E-state index contributed by atoms with van der Waals surface area (Å²) in [5.74, 6) is 0. The van der Waals surface area contributed by atoms with Gasteiger partial charge in [-0.25, -0.2) is 0 Å². The Balaban J connectivity index is 3.74. The minimum atomic E-state index is -0.296. The zero-order valence-corrected chi connectivity index (χ0v) is 6.46. The molecule has 0 saturated carbocycles. The molecule has 0 spiro atoms. The lowest BCUT2D eigenvalue weighted by atomic mass is 9.90. The van der Waals surface area contributed by atoms with Crippen molar-refractivity contribution in [1.29, 1.82) is 0 Å². The fourth-order valence-corrected chi connectivity index (χ4v) is 0.819. The molecule has 0 aromatic carbocycles. The summed E-state index contributed by atoms with van der Waals surface area (Å²) in [4.78, 5) is 9.76. The van der Waals surface area contributed by atoms with E-state index in [4.69, 9.17) is 5.73 Å². The van der Waals surface area contributed by atoms with Gasteiger partial charge in [-0.3, -0.25) is 10.1 Å². The molecule has 0 saturated heterocycles. The van der Waals surface area contributed by atoms with E-state index in [0.717, 1.165) is 0 Å². The maximum Gasteiger partial charge on any atom is 0.208 e. The molecule has 0 amide bonds. The third kappa shape index (κ3) is 4.26. The van der Waals surface area contributed by atoms with Crippen LogP contribution in [-0.2, 0) is 0 Å². The van der Waals surface area contributed by atoms with Gasteiger partial charge in [0.1, 0.15) is 0 Å². The van der Waals surface area contributed by atoms with E-state index in [1.807, 2.05) is 13.8 Å². The van der Waals surface area contributed by atoms with Crippen LogP contribution in [0.5, 0.6) is 0 Å². The van der Waals surface area contributed by atoms with Crippen LogP contribution in [0.2, 0.25) is 0 Å². The van der Waals surface area contributed by atoms with Crippen molar-refractivity contribution in [2.24, 2.45) is 11.1 Å². The van der Waals surface area contributed by atoms with Crippen molar-refractivity contribution in [2.45, 2.75) is 20.3 Å². The van der Waals surface area contributed by atoms with E-state index in [1.165, 1.54) is 0 Å². The van der Waals surface area contributed by atoms with Gasteiger partial charge in [-0.1, -0.05) is 13.8 Å². The lowest BCUT2D eigenvalue weighted by molar-refractivity contribution is -0.495. The first-order valence-electron chi connectivity index (χ1n) is 3.30. The lowest BCUT2D eigenvalue weighted by Gasteiger charge is -2.17. The molecule has 0 atom stereocenters. The molecule has 60 valence electrons. The molecule has 0 radical (unpaired) electrons. The molecule has 10 heavy (non-hydrogen) atoms. The van der Waals surface area contributed by atoms with Gasteiger partial charge in [0, 0.05) is 10.3 Å². The Bertz CT molecular complexity index is 123. The molecule has 2 N–H and O–H groups in total. The summed E-state index contributed by atoms with van der Waals surface area (Å²) < 4.78 is 0. The summed E-state index contributed by atoms with van der Waals surface area (Å²) in [6, 6.07) is 0. The van der Waals surface area contributed by atoms with E-state index in [1.54, 1.807) is 0 Å². The molecule has 0 aliphatic rings. The molecule has 0 fully saturated rings. The number of hydrogen-bond donors (Lipinski definition) is 1. The van der Waals surface area contributed by atoms with E-state index in [-0.39, 0.29) is 16.9 Å². The van der Waals surface area contributed by atoms with Gasteiger partial charge in [0.2, 0.25) is 6.54 Å². The van der Waals surface area contributed by atoms with Crippen LogP contribution in [-0.4, -0.2) is 18.0 Å². The number of nitrogens with zero attached hydrogens (tertiary/aromatic N) is 1. The Hall–Kier alpha value is -0.640. The molecule has 0 aromatic rings. The normalized spacial score (nSPS) is 11.5. The average Bonchev–Trinajstić information content (AvgIpc) is 1.59. The summed E-state index contributed by atoms with van der Waals surface area (Å²) in [5.41, 5.74) is 5.02. The minimum absolute atomic E-state index is 0.00417. The van der Waals surface area contributed by atoms with Crippen LogP contribution in [0.3, 0.4) is 0 Å². The highest BCUT2D eigenvalue weighted by Crippen LogP contribution is 2.18. The summed E-state index contributed by atoms with van der Waals surface area (Å²) >= 11 is 0. The van der Waals surface area contributed by atoms with Crippen molar-refractivity contribution in [3.8, 4) is 0 Å². The highest BCUT2D eigenvalue weighted by molar-refractivity contribution is 4.66. The Morgan fingerprint density at radius 1 is 1.60 bits per heavy atom. The number of rotatable bonds is 4. The monoisotopic (exact) mass is 146 g/mol. The van der Waals surface area contributed by atoms with Gasteiger partial charge in [0.25, 0.3) is 0 Å². The summed E-state index contributed by atoms with van der Waals surface area (Å²) in [5, 5.41) is 10.1. The quantitative estimate of drug-likeness (QED) is 0.467. The first-order chi connectivity index (χ1) is 4.48. The Morgan fingerprint density at radius 2 is 2.10 bits per heavy atom. The fourth-order valence-electron chi connectivity index (χ4n) is 0.819. The first kappa shape index (κ1) is 9.36. The number of hydrogen-bond acceptors (Lipinski definition) is 3. The molecule has 0 rings (SSSR count).